The Morgan fingerprint density at radius 2 is 2.20 bits per heavy atom. The molecule has 1 aromatic heterocycles. The van der Waals surface area contributed by atoms with Gasteiger partial charge < -0.3 is 30.0 Å². The standard InChI is InChI=1S/C18H22N2O5/c21-16(18(23)6-8-24-12-18)11-19-10-13-3-1-4-14(9-13)20-17(22)15-5-2-7-25-15/h1-5,7,9,16,19,21,23H,6,8,10-12H2,(H,20,22). The van der Waals surface area contributed by atoms with E-state index in [-0.39, 0.29) is 24.8 Å². The van der Waals surface area contributed by atoms with Crippen LogP contribution < -0.4 is 10.6 Å². The van der Waals surface area contributed by atoms with Crippen molar-refractivity contribution in [3.05, 3.63) is 54.0 Å². The van der Waals surface area contributed by atoms with Crippen molar-refractivity contribution in [1.82, 2.24) is 5.32 Å². The highest BCUT2D eigenvalue weighted by Crippen LogP contribution is 2.22. The Bertz CT molecular complexity index is 695. The molecule has 0 spiro atoms. The number of carbonyl (C=O) groups excluding carboxylic acids is 1. The first kappa shape index (κ1) is 17.6. The predicted molar refractivity (Wildman–Crippen MR) is 91.2 cm³/mol. The molecule has 0 aliphatic carbocycles. The quantitative estimate of drug-likeness (QED) is 0.599. The lowest BCUT2D eigenvalue weighted by Gasteiger charge is -2.27. The molecular formula is C18H22N2O5. The molecule has 1 amide bonds. The van der Waals surface area contributed by atoms with E-state index in [2.05, 4.69) is 10.6 Å². The fourth-order valence-electron chi connectivity index (χ4n) is 2.74. The SMILES string of the molecule is O=C(Nc1cccc(CNCC(O)C2(O)CCOC2)c1)c1ccco1. The first-order valence-electron chi connectivity index (χ1n) is 8.19. The molecule has 1 aromatic carbocycles. The Hall–Kier alpha value is -2.19. The summed E-state index contributed by atoms with van der Waals surface area (Å²) < 4.78 is 10.2. The molecule has 2 unspecified atom stereocenters. The number of anilines is 1. The summed E-state index contributed by atoms with van der Waals surface area (Å²) in [7, 11) is 0. The average molecular weight is 346 g/mol. The van der Waals surface area contributed by atoms with Gasteiger partial charge in [-0.25, -0.2) is 0 Å². The number of rotatable bonds is 7. The maximum absolute atomic E-state index is 12.0. The smallest absolute Gasteiger partial charge is 0.291 e. The number of aliphatic hydroxyl groups is 2. The summed E-state index contributed by atoms with van der Waals surface area (Å²) in [5.74, 6) is -0.0623. The second-order valence-corrected chi connectivity index (χ2v) is 6.18. The summed E-state index contributed by atoms with van der Waals surface area (Å²) in [6.07, 6.45) is 0.991. The molecule has 1 saturated heterocycles. The van der Waals surface area contributed by atoms with E-state index in [1.165, 1.54) is 6.26 Å². The van der Waals surface area contributed by atoms with Crippen LogP contribution >= 0.6 is 0 Å². The molecular weight excluding hydrogens is 324 g/mol. The van der Waals surface area contributed by atoms with Crippen LogP contribution in [0.25, 0.3) is 0 Å². The van der Waals surface area contributed by atoms with Crippen molar-refractivity contribution >= 4 is 11.6 Å². The normalized spacial score (nSPS) is 21.2. The molecule has 2 heterocycles. The average Bonchev–Trinajstić information content (AvgIpc) is 3.27. The molecule has 134 valence electrons. The number of carbonyl (C=O) groups is 1. The van der Waals surface area contributed by atoms with E-state index in [9.17, 15) is 15.0 Å². The van der Waals surface area contributed by atoms with Crippen LogP contribution in [0.3, 0.4) is 0 Å². The summed E-state index contributed by atoms with van der Waals surface area (Å²) >= 11 is 0. The van der Waals surface area contributed by atoms with E-state index in [0.29, 0.717) is 25.3 Å². The Kier molecular flexibility index (Phi) is 5.50. The maximum Gasteiger partial charge on any atom is 0.291 e. The third-order valence-corrected chi connectivity index (χ3v) is 4.25. The molecule has 1 aliphatic heterocycles. The lowest BCUT2D eigenvalue weighted by atomic mass is 9.96. The van der Waals surface area contributed by atoms with Gasteiger partial charge in [-0.1, -0.05) is 12.1 Å². The van der Waals surface area contributed by atoms with E-state index in [4.69, 9.17) is 9.15 Å². The van der Waals surface area contributed by atoms with Crippen molar-refractivity contribution in [2.24, 2.45) is 0 Å². The number of nitrogens with one attached hydrogen (secondary N) is 2. The number of aliphatic hydroxyl groups excluding tert-OH is 1. The zero-order valence-corrected chi connectivity index (χ0v) is 13.8. The highest BCUT2D eigenvalue weighted by atomic mass is 16.5. The molecule has 1 fully saturated rings. The van der Waals surface area contributed by atoms with Crippen molar-refractivity contribution in [1.29, 1.82) is 0 Å². The second kappa shape index (κ2) is 7.79. The second-order valence-electron chi connectivity index (χ2n) is 6.18. The van der Waals surface area contributed by atoms with Gasteiger partial charge in [-0.15, -0.1) is 0 Å². The van der Waals surface area contributed by atoms with E-state index in [0.717, 1.165) is 5.56 Å². The van der Waals surface area contributed by atoms with Crippen LogP contribution in [0.1, 0.15) is 22.5 Å². The van der Waals surface area contributed by atoms with Crippen molar-refractivity contribution in [2.45, 2.75) is 24.7 Å². The van der Waals surface area contributed by atoms with Crippen LogP contribution in [0.5, 0.6) is 0 Å². The van der Waals surface area contributed by atoms with Crippen LogP contribution in [-0.4, -0.2) is 47.6 Å². The van der Waals surface area contributed by atoms with Crippen molar-refractivity contribution in [3.8, 4) is 0 Å². The van der Waals surface area contributed by atoms with Crippen LogP contribution in [0.4, 0.5) is 5.69 Å². The summed E-state index contributed by atoms with van der Waals surface area (Å²) in [6, 6.07) is 10.6. The molecule has 3 rings (SSSR count). The number of hydrogen-bond acceptors (Lipinski definition) is 6. The highest BCUT2D eigenvalue weighted by molar-refractivity contribution is 6.02. The van der Waals surface area contributed by atoms with Gasteiger partial charge in [-0.2, -0.15) is 0 Å². The van der Waals surface area contributed by atoms with Crippen LogP contribution in [-0.2, 0) is 11.3 Å². The van der Waals surface area contributed by atoms with Gasteiger partial charge in [0.2, 0.25) is 0 Å². The first-order valence-corrected chi connectivity index (χ1v) is 8.19. The van der Waals surface area contributed by atoms with Crippen LogP contribution in [0.2, 0.25) is 0 Å². The molecule has 2 aromatic rings. The van der Waals surface area contributed by atoms with Crippen molar-refractivity contribution in [2.75, 3.05) is 25.1 Å². The Balaban J connectivity index is 1.51. The van der Waals surface area contributed by atoms with E-state index in [1.807, 2.05) is 18.2 Å². The molecule has 7 nitrogen and oxygen atoms in total. The Labute approximate surface area is 145 Å². The predicted octanol–water partition coefficient (Wildman–Crippen LogP) is 1.13. The topological polar surface area (TPSA) is 104 Å². The maximum atomic E-state index is 12.0. The minimum absolute atomic E-state index is 0.157. The fraction of sp³-hybridized carbons (Fsp3) is 0.389. The molecule has 0 bridgehead atoms. The number of furan rings is 1. The summed E-state index contributed by atoms with van der Waals surface area (Å²) in [5, 5.41) is 26.2. The third-order valence-electron chi connectivity index (χ3n) is 4.25. The molecule has 1 aliphatic rings. The zero-order valence-electron chi connectivity index (χ0n) is 13.8. The van der Waals surface area contributed by atoms with Gasteiger partial charge in [0, 0.05) is 31.8 Å². The Morgan fingerprint density at radius 3 is 2.92 bits per heavy atom. The van der Waals surface area contributed by atoms with Crippen LogP contribution in [0.15, 0.2) is 47.1 Å². The molecule has 0 saturated carbocycles. The lowest BCUT2D eigenvalue weighted by molar-refractivity contribution is -0.0748. The van der Waals surface area contributed by atoms with E-state index in [1.54, 1.807) is 18.2 Å². The summed E-state index contributed by atoms with van der Waals surface area (Å²) in [6.45, 7) is 1.37. The lowest BCUT2D eigenvalue weighted by Crippen LogP contribution is -2.48. The van der Waals surface area contributed by atoms with Gasteiger partial charge in [0.05, 0.1) is 19.0 Å². The van der Waals surface area contributed by atoms with Crippen LogP contribution in [0, 0.1) is 0 Å². The molecule has 7 heteroatoms. The third kappa shape index (κ3) is 4.46. The van der Waals surface area contributed by atoms with E-state index < -0.39 is 11.7 Å². The fourth-order valence-corrected chi connectivity index (χ4v) is 2.74. The van der Waals surface area contributed by atoms with Gasteiger partial charge >= 0.3 is 0 Å². The van der Waals surface area contributed by atoms with Gasteiger partial charge in [0.15, 0.2) is 5.76 Å². The van der Waals surface area contributed by atoms with E-state index >= 15 is 0 Å². The Morgan fingerprint density at radius 1 is 1.32 bits per heavy atom. The number of hydrogen-bond donors (Lipinski definition) is 4. The van der Waals surface area contributed by atoms with Gasteiger partial charge in [0.25, 0.3) is 5.91 Å². The summed E-state index contributed by atoms with van der Waals surface area (Å²) in [4.78, 5) is 12.0. The molecule has 0 radical (unpaired) electrons. The number of amides is 1. The first-order chi connectivity index (χ1) is 12.1. The minimum atomic E-state index is -1.17. The zero-order chi connectivity index (χ0) is 17.7. The molecule has 25 heavy (non-hydrogen) atoms. The summed E-state index contributed by atoms with van der Waals surface area (Å²) in [5.41, 5.74) is 0.425. The van der Waals surface area contributed by atoms with Crippen molar-refractivity contribution < 1.29 is 24.2 Å². The van der Waals surface area contributed by atoms with Crippen molar-refractivity contribution in [3.63, 3.8) is 0 Å². The molecule has 4 N–H and O–H groups in total. The molecule has 2 atom stereocenters. The van der Waals surface area contributed by atoms with Gasteiger partial charge in [0.1, 0.15) is 5.60 Å². The highest BCUT2D eigenvalue weighted by Gasteiger charge is 2.39. The number of benzene rings is 1. The van der Waals surface area contributed by atoms with Gasteiger partial charge in [-0.05, 0) is 29.8 Å². The number of ether oxygens (including phenoxy) is 1. The minimum Gasteiger partial charge on any atom is -0.459 e. The monoisotopic (exact) mass is 346 g/mol. The largest absolute Gasteiger partial charge is 0.459 e. The van der Waals surface area contributed by atoms with Gasteiger partial charge in [-0.3, -0.25) is 4.79 Å².